The Morgan fingerprint density at radius 2 is 1.77 bits per heavy atom. The Balaban J connectivity index is 1.73. The van der Waals surface area contributed by atoms with Crippen LogP contribution in [0.2, 0.25) is 0 Å². The zero-order chi connectivity index (χ0) is 22.2. The monoisotopic (exact) mass is 427 g/mol. The first kappa shape index (κ1) is 20.5. The highest BCUT2D eigenvalue weighted by molar-refractivity contribution is 5.78. The van der Waals surface area contributed by atoms with Crippen LogP contribution in [0.15, 0.2) is 77.9 Å². The number of alkyl halides is 3. The average Bonchev–Trinajstić information content (AvgIpc) is 3.15. The third-order valence-corrected chi connectivity index (χ3v) is 4.95. The average molecular weight is 427 g/mol. The van der Waals surface area contributed by atoms with Gasteiger partial charge in [0.2, 0.25) is 5.82 Å². The molecule has 3 aromatic rings. The third-order valence-electron chi connectivity index (χ3n) is 4.95. The Hall–Kier alpha value is -3.73. The van der Waals surface area contributed by atoms with Crippen LogP contribution < -0.4 is 0 Å². The zero-order valence-corrected chi connectivity index (χ0v) is 15.9. The molecule has 4 rings (SSSR count). The molecule has 1 aliphatic carbocycles. The van der Waals surface area contributed by atoms with E-state index in [9.17, 15) is 27.2 Å². The summed E-state index contributed by atoms with van der Waals surface area (Å²) in [6, 6.07) is 14.1. The molecule has 1 atom stereocenters. The van der Waals surface area contributed by atoms with Crippen molar-refractivity contribution in [3.05, 3.63) is 89.3 Å². The van der Waals surface area contributed by atoms with E-state index in [0.29, 0.717) is 11.1 Å². The maximum atomic E-state index is 14.1. The molecule has 0 radical (unpaired) electrons. The van der Waals surface area contributed by atoms with Crippen LogP contribution in [0, 0.1) is 17.2 Å². The molecule has 8 heteroatoms. The summed E-state index contributed by atoms with van der Waals surface area (Å²) >= 11 is 0. The number of aromatic nitrogens is 2. The second kappa shape index (κ2) is 7.84. The molecule has 1 heterocycles. The lowest BCUT2D eigenvalue weighted by atomic mass is 9.90. The minimum Gasteiger partial charge on any atom is -0.289 e. The predicted octanol–water partition coefficient (Wildman–Crippen LogP) is 6.68. The minimum atomic E-state index is -4.66. The second-order valence-corrected chi connectivity index (χ2v) is 6.98. The van der Waals surface area contributed by atoms with Gasteiger partial charge >= 0.3 is 6.18 Å². The van der Waals surface area contributed by atoms with Gasteiger partial charge in [-0.05, 0) is 48.1 Å². The number of hydrogen-bond acceptors (Lipinski definition) is 2. The van der Waals surface area contributed by atoms with Crippen molar-refractivity contribution in [3.63, 3.8) is 0 Å². The summed E-state index contributed by atoms with van der Waals surface area (Å²) in [4.78, 5) is 3.72. The Morgan fingerprint density at radius 3 is 2.45 bits per heavy atom. The number of fused-ring (bicyclic) bond motifs is 1. The third kappa shape index (κ3) is 3.99. The van der Waals surface area contributed by atoms with Crippen LogP contribution in [0.5, 0.6) is 0 Å². The molecule has 0 saturated heterocycles. The van der Waals surface area contributed by atoms with E-state index in [1.165, 1.54) is 36.4 Å². The Kier molecular flexibility index (Phi) is 5.19. The van der Waals surface area contributed by atoms with Crippen molar-refractivity contribution in [1.29, 1.82) is 5.26 Å². The minimum absolute atomic E-state index is 0.0220. The lowest BCUT2D eigenvalue weighted by molar-refractivity contribution is -0.145. The van der Waals surface area contributed by atoms with Crippen LogP contribution in [-0.4, -0.2) is 9.55 Å². The van der Waals surface area contributed by atoms with Crippen molar-refractivity contribution in [2.24, 2.45) is 5.92 Å². The molecule has 31 heavy (non-hydrogen) atoms. The highest BCUT2D eigenvalue weighted by atomic mass is 19.4. The maximum absolute atomic E-state index is 14.1. The van der Waals surface area contributed by atoms with Gasteiger partial charge < -0.3 is 0 Å². The van der Waals surface area contributed by atoms with E-state index >= 15 is 0 Å². The van der Waals surface area contributed by atoms with Crippen molar-refractivity contribution in [2.75, 3.05) is 0 Å². The van der Waals surface area contributed by atoms with Crippen molar-refractivity contribution in [2.45, 2.75) is 12.6 Å². The van der Waals surface area contributed by atoms with Crippen LogP contribution in [-0.2, 0) is 6.18 Å². The van der Waals surface area contributed by atoms with Gasteiger partial charge in [0.25, 0.3) is 0 Å². The topological polar surface area (TPSA) is 41.6 Å². The van der Waals surface area contributed by atoms with Crippen LogP contribution in [0.3, 0.4) is 0 Å². The fourth-order valence-electron chi connectivity index (χ4n) is 3.49. The van der Waals surface area contributed by atoms with E-state index < -0.39 is 29.6 Å². The van der Waals surface area contributed by atoms with Crippen LogP contribution in [0.25, 0.3) is 22.8 Å². The van der Waals surface area contributed by atoms with E-state index in [1.807, 2.05) is 6.07 Å². The second-order valence-electron chi connectivity index (χ2n) is 6.98. The van der Waals surface area contributed by atoms with E-state index in [0.717, 1.165) is 16.7 Å². The molecule has 0 fully saturated rings. The molecule has 1 unspecified atom stereocenters. The molecule has 0 N–H and O–H groups in total. The molecule has 0 saturated carbocycles. The van der Waals surface area contributed by atoms with Crippen LogP contribution in [0.4, 0.5) is 22.0 Å². The highest BCUT2D eigenvalue weighted by Gasteiger charge is 2.38. The SMILES string of the molecule is N#C/C(=C\c1ccc(-n2c(C(F)(F)F)nc3ccccc32)cc1)C1CC(F)=CC=C1F. The normalized spacial score (nSPS) is 17.3. The molecule has 0 amide bonds. The number of benzene rings is 2. The van der Waals surface area contributed by atoms with Gasteiger partial charge in [0.15, 0.2) is 0 Å². The van der Waals surface area contributed by atoms with Gasteiger partial charge in [-0.25, -0.2) is 13.8 Å². The number of hydrogen-bond donors (Lipinski definition) is 0. The number of halogens is 5. The Labute approximate surface area is 174 Å². The van der Waals surface area contributed by atoms with E-state index in [-0.39, 0.29) is 23.2 Å². The van der Waals surface area contributed by atoms with Crippen LogP contribution in [0.1, 0.15) is 17.8 Å². The number of imidazole rings is 1. The number of para-hydroxylation sites is 2. The maximum Gasteiger partial charge on any atom is 0.450 e. The molecular weight excluding hydrogens is 413 g/mol. The fraction of sp³-hybridized carbons (Fsp3) is 0.130. The van der Waals surface area contributed by atoms with E-state index in [4.69, 9.17) is 0 Å². The van der Waals surface area contributed by atoms with Crippen molar-refractivity contribution < 1.29 is 22.0 Å². The Morgan fingerprint density at radius 1 is 1.06 bits per heavy atom. The molecule has 0 spiro atoms. The molecule has 0 aliphatic heterocycles. The van der Waals surface area contributed by atoms with Crippen LogP contribution >= 0.6 is 0 Å². The smallest absolute Gasteiger partial charge is 0.289 e. The summed E-state index contributed by atoms with van der Waals surface area (Å²) in [5.74, 6) is -3.23. The largest absolute Gasteiger partial charge is 0.450 e. The molecule has 3 nitrogen and oxygen atoms in total. The summed E-state index contributed by atoms with van der Waals surface area (Å²) in [7, 11) is 0. The quantitative estimate of drug-likeness (QED) is 0.346. The molecule has 2 aromatic carbocycles. The standard InChI is InChI=1S/C23H14F5N3/c24-16-7-10-19(25)18(12-16)15(13-29)11-14-5-8-17(9-6-14)31-21-4-2-1-3-20(21)30-22(31)23(26,27)28/h1-11,18H,12H2/b15-11+. The lowest BCUT2D eigenvalue weighted by Crippen LogP contribution is -2.13. The molecule has 1 aliphatic rings. The highest BCUT2D eigenvalue weighted by Crippen LogP contribution is 2.35. The van der Waals surface area contributed by atoms with Gasteiger partial charge in [-0.1, -0.05) is 24.3 Å². The summed E-state index contributed by atoms with van der Waals surface area (Å²) in [6.45, 7) is 0. The first-order valence-electron chi connectivity index (χ1n) is 9.26. The van der Waals surface area contributed by atoms with E-state index in [1.54, 1.807) is 18.2 Å². The van der Waals surface area contributed by atoms with Gasteiger partial charge in [-0.2, -0.15) is 18.4 Å². The number of nitriles is 1. The number of nitrogens with zero attached hydrogens (tertiary/aromatic N) is 3. The van der Waals surface area contributed by atoms with Crippen molar-refractivity contribution in [1.82, 2.24) is 9.55 Å². The van der Waals surface area contributed by atoms with Crippen molar-refractivity contribution in [3.8, 4) is 11.8 Å². The zero-order valence-electron chi connectivity index (χ0n) is 15.9. The Bertz CT molecular complexity index is 1270. The lowest BCUT2D eigenvalue weighted by Gasteiger charge is -2.16. The summed E-state index contributed by atoms with van der Waals surface area (Å²) in [5.41, 5.74) is 1.23. The van der Waals surface area contributed by atoms with Gasteiger partial charge in [0.05, 0.1) is 23.0 Å². The molecular formula is C23H14F5N3. The molecule has 1 aromatic heterocycles. The molecule has 0 bridgehead atoms. The number of rotatable bonds is 3. The molecule has 156 valence electrons. The van der Waals surface area contributed by atoms with Gasteiger partial charge in [-0.15, -0.1) is 0 Å². The summed E-state index contributed by atoms with van der Waals surface area (Å²) < 4.78 is 69.2. The van der Waals surface area contributed by atoms with Crippen molar-refractivity contribution >= 4 is 17.1 Å². The number of allylic oxidation sites excluding steroid dienone is 5. The van der Waals surface area contributed by atoms with E-state index in [2.05, 4.69) is 4.98 Å². The van der Waals surface area contributed by atoms with Gasteiger partial charge in [0.1, 0.15) is 11.7 Å². The predicted molar refractivity (Wildman–Crippen MR) is 106 cm³/mol. The summed E-state index contributed by atoms with van der Waals surface area (Å²) in [6.07, 6.45) is -1.51. The first-order chi connectivity index (χ1) is 14.8. The van der Waals surface area contributed by atoms with Gasteiger partial charge in [0, 0.05) is 17.7 Å². The van der Waals surface area contributed by atoms with Gasteiger partial charge in [-0.3, -0.25) is 4.57 Å². The first-order valence-corrected chi connectivity index (χ1v) is 9.26. The fourth-order valence-corrected chi connectivity index (χ4v) is 3.49. The summed E-state index contributed by atoms with van der Waals surface area (Å²) in [5, 5.41) is 9.40.